The normalized spacial score (nSPS) is 11.4. The van der Waals surface area contributed by atoms with Gasteiger partial charge in [0, 0.05) is 16.2 Å². The maximum absolute atomic E-state index is 13.7. The van der Waals surface area contributed by atoms with Crippen molar-refractivity contribution >= 4 is 42.9 Å². The molecule has 0 spiro atoms. The quantitative estimate of drug-likeness (QED) is 0.737. The Morgan fingerprint density at radius 1 is 1.10 bits per heavy atom. The average Bonchev–Trinajstić information content (AvgIpc) is 2.40. The molecule has 8 heteroatoms. The van der Waals surface area contributed by atoms with E-state index in [1.54, 1.807) is 6.07 Å². The van der Waals surface area contributed by atoms with E-state index in [1.165, 1.54) is 24.3 Å². The van der Waals surface area contributed by atoms with Crippen molar-refractivity contribution in [2.24, 2.45) is 0 Å². The molecule has 112 valence electrons. The minimum Gasteiger partial charge on any atom is -0.487 e. The van der Waals surface area contributed by atoms with Crippen LogP contribution in [0.3, 0.4) is 0 Å². The molecule has 0 amide bonds. The second-order valence-corrected chi connectivity index (χ2v) is 7.41. The van der Waals surface area contributed by atoms with Crippen molar-refractivity contribution in [2.45, 2.75) is 11.5 Å². The molecule has 0 saturated heterocycles. The maximum Gasteiger partial charge on any atom is 0.261 e. The predicted molar refractivity (Wildman–Crippen MR) is 80.2 cm³/mol. The molecule has 0 saturated carbocycles. The fourth-order valence-corrected chi connectivity index (χ4v) is 2.84. The molecule has 0 N–H and O–H groups in total. The van der Waals surface area contributed by atoms with Gasteiger partial charge in [0.2, 0.25) is 0 Å². The first-order chi connectivity index (χ1) is 9.79. The molecule has 0 unspecified atom stereocenters. The second-order valence-electron chi connectivity index (χ2n) is 4.03. The van der Waals surface area contributed by atoms with Gasteiger partial charge in [0.25, 0.3) is 9.05 Å². The molecule has 0 radical (unpaired) electrons. The van der Waals surface area contributed by atoms with Gasteiger partial charge in [-0.05, 0) is 24.3 Å². The number of hydrogen-bond donors (Lipinski definition) is 0. The monoisotopic (exact) mass is 368 g/mol. The minimum absolute atomic E-state index is 0.00854. The van der Waals surface area contributed by atoms with Crippen LogP contribution in [0.4, 0.5) is 4.39 Å². The lowest BCUT2D eigenvalue weighted by Gasteiger charge is -2.10. The Bertz CT molecular complexity index is 778. The number of hydrogen-bond acceptors (Lipinski definition) is 3. The van der Waals surface area contributed by atoms with E-state index in [-0.39, 0.29) is 32.9 Å². The van der Waals surface area contributed by atoms with Gasteiger partial charge in [0.15, 0.2) is 0 Å². The zero-order valence-electron chi connectivity index (χ0n) is 10.3. The number of halogens is 4. The van der Waals surface area contributed by atoms with Crippen LogP contribution in [0.5, 0.6) is 5.75 Å². The molecule has 2 rings (SSSR count). The molecule has 0 aliphatic heterocycles. The van der Waals surface area contributed by atoms with Crippen LogP contribution in [-0.2, 0) is 15.7 Å². The van der Waals surface area contributed by atoms with E-state index in [4.69, 9.17) is 38.6 Å². The largest absolute Gasteiger partial charge is 0.487 e. The van der Waals surface area contributed by atoms with Crippen molar-refractivity contribution in [3.63, 3.8) is 0 Å². The highest BCUT2D eigenvalue weighted by Crippen LogP contribution is 2.29. The summed E-state index contributed by atoms with van der Waals surface area (Å²) >= 11 is 11.6. The summed E-state index contributed by atoms with van der Waals surface area (Å²) in [6, 6.07) is 8.29. The smallest absolute Gasteiger partial charge is 0.261 e. The standard InChI is InChI=1S/C13H8Cl3FO3S/c14-10-3-1-2-8(13(10)17)7-20-12-5-4-9(6-11(12)15)21(16,18)19/h1-6H,7H2. The van der Waals surface area contributed by atoms with Crippen molar-refractivity contribution in [1.82, 2.24) is 0 Å². The van der Waals surface area contributed by atoms with E-state index in [1.807, 2.05) is 0 Å². The van der Waals surface area contributed by atoms with Gasteiger partial charge < -0.3 is 4.74 Å². The first-order valence-electron chi connectivity index (χ1n) is 5.59. The van der Waals surface area contributed by atoms with Crippen LogP contribution in [0.1, 0.15) is 5.56 Å². The van der Waals surface area contributed by atoms with Crippen molar-refractivity contribution < 1.29 is 17.5 Å². The van der Waals surface area contributed by atoms with E-state index in [9.17, 15) is 12.8 Å². The van der Waals surface area contributed by atoms with E-state index >= 15 is 0 Å². The molecule has 3 nitrogen and oxygen atoms in total. The molecule has 0 heterocycles. The number of benzene rings is 2. The molecule has 2 aromatic rings. The summed E-state index contributed by atoms with van der Waals surface area (Å²) in [5, 5.41) is 0.0462. The van der Waals surface area contributed by atoms with Crippen LogP contribution in [0.15, 0.2) is 41.3 Å². The Labute approximate surface area is 135 Å². The van der Waals surface area contributed by atoms with Crippen LogP contribution in [0.25, 0.3) is 0 Å². The molecule has 0 atom stereocenters. The van der Waals surface area contributed by atoms with E-state index < -0.39 is 14.9 Å². The molecular formula is C13H8Cl3FO3S. The lowest BCUT2D eigenvalue weighted by atomic mass is 10.2. The van der Waals surface area contributed by atoms with E-state index in [2.05, 4.69) is 0 Å². The van der Waals surface area contributed by atoms with Crippen LogP contribution in [0.2, 0.25) is 10.0 Å². The van der Waals surface area contributed by atoms with Crippen molar-refractivity contribution in [3.8, 4) is 5.75 Å². The molecular weight excluding hydrogens is 362 g/mol. The lowest BCUT2D eigenvalue weighted by Crippen LogP contribution is -2.00. The summed E-state index contributed by atoms with van der Waals surface area (Å²) in [4.78, 5) is -0.143. The summed E-state index contributed by atoms with van der Waals surface area (Å²) in [7, 11) is 1.34. The summed E-state index contributed by atoms with van der Waals surface area (Å²) in [5.41, 5.74) is 0.257. The third-order valence-electron chi connectivity index (χ3n) is 2.60. The average molecular weight is 370 g/mol. The zero-order chi connectivity index (χ0) is 15.6. The van der Waals surface area contributed by atoms with Crippen molar-refractivity contribution in [2.75, 3.05) is 0 Å². The van der Waals surface area contributed by atoms with Crippen LogP contribution >= 0.6 is 33.9 Å². The number of ether oxygens (including phenoxy) is 1. The maximum atomic E-state index is 13.7. The lowest BCUT2D eigenvalue weighted by molar-refractivity contribution is 0.300. The molecule has 21 heavy (non-hydrogen) atoms. The molecule has 0 fully saturated rings. The fraction of sp³-hybridized carbons (Fsp3) is 0.0769. The Kier molecular flexibility index (Phi) is 4.99. The Morgan fingerprint density at radius 3 is 2.43 bits per heavy atom. The predicted octanol–water partition coefficient (Wildman–Crippen LogP) is 4.64. The van der Waals surface area contributed by atoms with Crippen molar-refractivity contribution in [1.29, 1.82) is 0 Å². The van der Waals surface area contributed by atoms with Crippen LogP contribution < -0.4 is 4.74 Å². The van der Waals surface area contributed by atoms with E-state index in [0.717, 1.165) is 6.07 Å². The van der Waals surface area contributed by atoms with Crippen molar-refractivity contribution in [3.05, 3.63) is 57.8 Å². The SMILES string of the molecule is O=S(=O)(Cl)c1ccc(OCc2cccc(Cl)c2F)c(Cl)c1. The van der Waals surface area contributed by atoms with E-state index in [0.29, 0.717) is 0 Å². The highest BCUT2D eigenvalue weighted by atomic mass is 35.7. The highest BCUT2D eigenvalue weighted by Gasteiger charge is 2.13. The van der Waals surface area contributed by atoms with Gasteiger partial charge in [-0.25, -0.2) is 12.8 Å². The van der Waals surface area contributed by atoms with Gasteiger partial charge in [0.05, 0.1) is 14.9 Å². The van der Waals surface area contributed by atoms with Gasteiger partial charge in [-0.1, -0.05) is 35.3 Å². The summed E-state index contributed by atoms with van der Waals surface area (Å²) in [5.74, 6) is -0.365. The van der Waals surface area contributed by atoms with Gasteiger partial charge in [-0.3, -0.25) is 0 Å². The highest BCUT2D eigenvalue weighted by molar-refractivity contribution is 8.13. The Hall–Kier alpha value is -1.01. The molecule has 0 bridgehead atoms. The molecule has 0 aliphatic carbocycles. The summed E-state index contributed by atoms with van der Waals surface area (Å²) < 4.78 is 41.4. The molecule has 0 aliphatic rings. The number of rotatable bonds is 4. The summed E-state index contributed by atoms with van der Waals surface area (Å²) in [6.07, 6.45) is 0. The van der Waals surface area contributed by atoms with Crippen LogP contribution in [0, 0.1) is 5.82 Å². The first kappa shape index (κ1) is 16.4. The van der Waals surface area contributed by atoms with Gasteiger partial charge in [-0.2, -0.15) is 0 Å². The third-order valence-corrected chi connectivity index (χ3v) is 4.54. The zero-order valence-corrected chi connectivity index (χ0v) is 13.4. The topological polar surface area (TPSA) is 43.4 Å². The molecule has 0 aromatic heterocycles. The molecule has 2 aromatic carbocycles. The van der Waals surface area contributed by atoms with Gasteiger partial charge in [0.1, 0.15) is 18.2 Å². The van der Waals surface area contributed by atoms with Gasteiger partial charge >= 0.3 is 0 Å². The summed E-state index contributed by atoms with van der Waals surface area (Å²) in [6.45, 7) is -0.0981. The fourth-order valence-electron chi connectivity index (χ4n) is 1.57. The Morgan fingerprint density at radius 2 is 1.81 bits per heavy atom. The second kappa shape index (κ2) is 6.40. The third kappa shape index (κ3) is 4.01. The first-order valence-corrected chi connectivity index (χ1v) is 8.65. The van der Waals surface area contributed by atoms with Crippen LogP contribution in [-0.4, -0.2) is 8.42 Å². The minimum atomic E-state index is -3.87. The van der Waals surface area contributed by atoms with Gasteiger partial charge in [-0.15, -0.1) is 0 Å². The Balaban J connectivity index is 2.19.